The normalized spacial score (nSPS) is 30.9. The molecule has 19 heavy (non-hydrogen) atoms. The molecule has 2 aliphatic carbocycles. The summed E-state index contributed by atoms with van der Waals surface area (Å²) in [4.78, 5) is 4.62. The van der Waals surface area contributed by atoms with Gasteiger partial charge in [-0.3, -0.25) is 4.98 Å². The standard InChI is InChI=1S/C17H26N2/c1-13-6-2-3-7-15(13)12-19-16-10-4-8-14-9-5-11-18-17(14)16/h5,9,11,13,15-16,19H,2-4,6-8,10,12H2,1H3. The van der Waals surface area contributed by atoms with Gasteiger partial charge in [0.2, 0.25) is 0 Å². The van der Waals surface area contributed by atoms with Gasteiger partial charge in [0, 0.05) is 12.2 Å². The molecule has 0 spiro atoms. The summed E-state index contributed by atoms with van der Waals surface area (Å²) >= 11 is 0. The fourth-order valence-corrected chi connectivity index (χ4v) is 3.80. The number of pyridine rings is 1. The van der Waals surface area contributed by atoms with E-state index in [-0.39, 0.29) is 0 Å². The van der Waals surface area contributed by atoms with Gasteiger partial charge in [0.25, 0.3) is 0 Å². The molecule has 3 rings (SSSR count). The molecule has 0 aromatic carbocycles. The number of aromatic nitrogens is 1. The quantitative estimate of drug-likeness (QED) is 0.890. The first-order valence-corrected chi connectivity index (χ1v) is 8.02. The molecule has 0 bridgehead atoms. The van der Waals surface area contributed by atoms with Crippen LogP contribution in [0.25, 0.3) is 0 Å². The second-order valence-electron chi connectivity index (χ2n) is 6.42. The molecule has 104 valence electrons. The number of nitrogens with one attached hydrogen (secondary N) is 1. The Morgan fingerprint density at radius 2 is 2.11 bits per heavy atom. The van der Waals surface area contributed by atoms with Gasteiger partial charge in [-0.1, -0.05) is 32.3 Å². The first-order valence-electron chi connectivity index (χ1n) is 8.02. The summed E-state index contributed by atoms with van der Waals surface area (Å²) < 4.78 is 0. The molecule has 2 aliphatic rings. The van der Waals surface area contributed by atoms with Crippen molar-refractivity contribution >= 4 is 0 Å². The van der Waals surface area contributed by atoms with Crippen molar-refractivity contribution in [2.45, 2.75) is 57.9 Å². The lowest BCUT2D eigenvalue weighted by Crippen LogP contribution is -2.34. The van der Waals surface area contributed by atoms with E-state index in [0.29, 0.717) is 6.04 Å². The van der Waals surface area contributed by atoms with Crippen LogP contribution in [0.2, 0.25) is 0 Å². The van der Waals surface area contributed by atoms with Gasteiger partial charge in [0.1, 0.15) is 0 Å². The van der Waals surface area contributed by atoms with Crippen molar-refractivity contribution in [3.63, 3.8) is 0 Å². The van der Waals surface area contributed by atoms with Gasteiger partial charge in [0.05, 0.1) is 5.69 Å². The summed E-state index contributed by atoms with van der Waals surface area (Å²) in [6.07, 6.45) is 11.4. The zero-order valence-electron chi connectivity index (χ0n) is 12.1. The van der Waals surface area contributed by atoms with Gasteiger partial charge < -0.3 is 5.32 Å². The van der Waals surface area contributed by atoms with Crippen LogP contribution in [0.5, 0.6) is 0 Å². The highest BCUT2D eigenvalue weighted by Gasteiger charge is 2.25. The van der Waals surface area contributed by atoms with E-state index in [4.69, 9.17) is 0 Å². The van der Waals surface area contributed by atoms with Crippen LogP contribution < -0.4 is 5.32 Å². The first-order chi connectivity index (χ1) is 9.34. The lowest BCUT2D eigenvalue weighted by atomic mass is 9.80. The van der Waals surface area contributed by atoms with Crippen molar-refractivity contribution < 1.29 is 0 Å². The Kier molecular flexibility index (Phi) is 4.17. The van der Waals surface area contributed by atoms with Crippen LogP contribution in [0, 0.1) is 11.8 Å². The number of hydrogen-bond acceptors (Lipinski definition) is 2. The smallest absolute Gasteiger partial charge is 0.0605 e. The topological polar surface area (TPSA) is 24.9 Å². The maximum Gasteiger partial charge on any atom is 0.0605 e. The number of aryl methyl sites for hydroxylation is 1. The lowest BCUT2D eigenvalue weighted by molar-refractivity contribution is 0.237. The van der Waals surface area contributed by atoms with Crippen LogP contribution in [0.1, 0.15) is 62.7 Å². The van der Waals surface area contributed by atoms with Crippen LogP contribution in [0.4, 0.5) is 0 Å². The predicted molar refractivity (Wildman–Crippen MR) is 79.0 cm³/mol. The van der Waals surface area contributed by atoms with Gasteiger partial charge in [-0.05, 0) is 55.7 Å². The number of rotatable bonds is 3. The van der Waals surface area contributed by atoms with E-state index in [0.717, 1.165) is 11.8 Å². The van der Waals surface area contributed by atoms with Crippen molar-refractivity contribution in [2.75, 3.05) is 6.54 Å². The number of nitrogens with zero attached hydrogens (tertiary/aromatic N) is 1. The molecule has 3 atom stereocenters. The molecule has 1 fully saturated rings. The molecule has 1 aromatic heterocycles. The molecule has 0 amide bonds. The van der Waals surface area contributed by atoms with Crippen LogP contribution in [-0.2, 0) is 6.42 Å². The van der Waals surface area contributed by atoms with Crippen molar-refractivity contribution in [3.8, 4) is 0 Å². The van der Waals surface area contributed by atoms with Gasteiger partial charge in [-0.25, -0.2) is 0 Å². The highest BCUT2D eigenvalue weighted by atomic mass is 14.9. The predicted octanol–water partition coefficient (Wildman–Crippen LogP) is 3.87. The van der Waals surface area contributed by atoms with Crippen molar-refractivity contribution in [2.24, 2.45) is 11.8 Å². The Hall–Kier alpha value is -0.890. The van der Waals surface area contributed by atoms with Crippen molar-refractivity contribution in [1.82, 2.24) is 10.3 Å². The summed E-state index contributed by atoms with van der Waals surface area (Å²) in [6.45, 7) is 3.61. The molecule has 0 saturated heterocycles. The molecule has 0 aliphatic heterocycles. The molecule has 2 nitrogen and oxygen atoms in total. The minimum absolute atomic E-state index is 0.499. The first kappa shape index (κ1) is 13.1. The maximum absolute atomic E-state index is 4.62. The second kappa shape index (κ2) is 6.04. The maximum atomic E-state index is 4.62. The SMILES string of the molecule is CC1CCCCC1CNC1CCCc2cccnc21. The van der Waals surface area contributed by atoms with E-state index in [1.807, 2.05) is 6.20 Å². The highest BCUT2D eigenvalue weighted by Crippen LogP contribution is 2.31. The molecule has 1 heterocycles. The molecule has 0 radical (unpaired) electrons. The Balaban J connectivity index is 1.61. The van der Waals surface area contributed by atoms with Crippen molar-refractivity contribution in [1.29, 1.82) is 0 Å². The Bertz CT molecular complexity index is 415. The van der Waals surface area contributed by atoms with Crippen LogP contribution >= 0.6 is 0 Å². The molecule has 1 N–H and O–H groups in total. The lowest BCUT2D eigenvalue weighted by Gasteiger charge is -2.32. The summed E-state index contributed by atoms with van der Waals surface area (Å²) in [6, 6.07) is 4.82. The molecule has 2 heteroatoms. The highest BCUT2D eigenvalue weighted by molar-refractivity contribution is 5.25. The number of fused-ring (bicyclic) bond motifs is 1. The average Bonchev–Trinajstić information content (AvgIpc) is 2.46. The Labute approximate surface area is 117 Å². The van der Waals surface area contributed by atoms with E-state index >= 15 is 0 Å². The molecular weight excluding hydrogens is 232 g/mol. The van der Waals surface area contributed by atoms with Gasteiger partial charge in [0.15, 0.2) is 0 Å². The third-order valence-corrected chi connectivity index (χ3v) is 5.11. The van der Waals surface area contributed by atoms with E-state index in [9.17, 15) is 0 Å². The summed E-state index contributed by atoms with van der Waals surface area (Å²) in [5.74, 6) is 1.77. The molecule has 1 aromatic rings. The second-order valence-corrected chi connectivity index (χ2v) is 6.42. The van der Waals surface area contributed by atoms with Crippen molar-refractivity contribution in [3.05, 3.63) is 29.6 Å². The van der Waals surface area contributed by atoms with E-state index in [1.54, 1.807) is 0 Å². The average molecular weight is 258 g/mol. The summed E-state index contributed by atoms with van der Waals surface area (Å²) in [5, 5.41) is 3.82. The van der Waals surface area contributed by atoms with Gasteiger partial charge in [-0.15, -0.1) is 0 Å². The fraction of sp³-hybridized carbons (Fsp3) is 0.706. The number of hydrogen-bond donors (Lipinski definition) is 1. The zero-order valence-corrected chi connectivity index (χ0v) is 12.1. The third kappa shape index (κ3) is 3.00. The zero-order chi connectivity index (χ0) is 13.1. The Morgan fingerprint density at radius 3 is 3.00 bits per heavy atom. The van der Waals surface area contributed by atoms with Gasteiger partial charge in [-0.2, -0.15) is 0 Å². The largest absolute Gasteiger partial charge is 0.308 e. The molecular formula is C17H26N2. The monoisotopic (exact) mass is 258 g/mol. The minimum Gasteiger partial charge on any atom is -0.308 e. The molecule has 3 unspecified atom stereocenters. The summed E-state index contributed by atoms with van der Waals surface area (Å²) in [7, 11) is 0. The van der Waals surface area contributed by atoms with E-state index < -0.39 is 0 Å². The van der Waals surface area contributed by atoms with Gasteiger partial charge >= 0.3 is 0 Å². The third-order valence-electron chi connectivity index (χ3n) is 5.11. The molecule has 1 saturated carbocycles. The van der Waals surface area contributed by atoms with E-state index in [2.05, 4.69) is 29.4 Å². The van der Waals surface area contributed by atoms with Crippen LogP contribution in [0.3, 0.4) is 0 Å². The fourth-order valence-electron chi connectivity index (χ4n) is 3.80. The van der Waals surface area contributed by atoms with Crippen LogP contribution in [0.15, 0.2) is 18.3 Å². The van der Waals surface area contributed by atoms with E-state index in [1.165, 1.54) is 62.7 Å². The van der Waals surface area contributed by atoms with Crippen LogP contribution in [-0.4, -0.2) is 11.5 Å². The Morgan fingerprint density at radius 1 is 1.21 bits per heavy atom. The minimum atomic E-state index is 0.499. The summed E-state index contributed by atoms with van der Waals surface area (Å²) in [5.41, 5.74) is 2.78.